The van der Waals surface area contributed by atoms with Gasteiger partial charge >= 0.3 is 6.18 Å². The van der Waals surface area contributed by atoms with Gasteiger partial charge in [-0.2, -0.15) is 13.2 Å². The summed E-state index contributed by atoms with van der Waals surface area (Å²) >= 11 is 0. The van der Waals surface area contributed by atoms with E-state index in [9.17, 15) is 49.8 Å². The van der Waals surface area contributed by atoms with E-state index >= 15 is 0 Å². The van der Waals surface area contributed by atoms with Gasteiger partial charge < -0.3 is 15.7 Å². The Hall–Kier alpha value is -3.22. The molecule has 0 saturated carbocycles. The molecule has 3 N–H and O–H groups in total. The fraction of sp³-hybridized carbons (Fsp3) is 0.176. The van der Waals surface area contributed by atoms with Gasteiger partial charge in [0.05, 0.1) is 12.2 Å². The second-order valence-electron chi connectivity index (χ2n) is 5.72. The molecule has 0 aromatic heterocycles. The third kappa shape index (κ3) is 4.67. The number of aliphatic hydroxyl groups excluding tert-OH is 1. The Kier molecular flexibility index (Phi) is 6.65. The molecular formula is C17H10F8N2O3. The number of nitrogens with one attached hydrogen (secondary N) is 2. The summed E-state index contributed by atoms with van der Waals surface area (Å²) in [6, 6.07) is 1.21. The van der Waals surface area contributed by atoms with Crippen molar-refractivity contribution in [2.75, 3.05) is 11.9 Å². The number of benzene rings is 2. The quantitative estimate of drug-likeness (QED) is 0.378. The average molecular weight is 442 g/mol. The van der Waals surface area contributed by atoms with Crippen molar-refractivity contribution in [3.05, 3.63) is 64.5 Å². The predicted octanol–water partition coefficient (Wildman–Crippen LogP) is 3.13. The van der Waals surface area contributed by atoms with Crippen molar-refractivity contribution in [2.45, 2.75) is 12.2 Å². The molecule has 2 amide bonds. The Morgan fingerprint density at radius 1 is 0.933 bits per heavy atom. The van der Waals surface area contributed by atoms with Gasteiger partial charge in [-0.1, -0.05) is 6.07 Å². The second-order valence-corrected chi connectivity index (χ2v) is 5.72. The van der Waals surface area contributed by atoms with E-state index in [1.807, 2.05) is 5.32 Å². The van der Waals surface area contributed by atoms with Crippen LogP contribution in [0.4, 0.5) is 40.8 Å². The molecule has 5 nitrogen and oxygen atoms in total. The van der Waals surface area contributed by atoms with Crippen molar-refractivity contribution in [1.29, 1.82) is 0 Å². The second kappa shape index (κ2) is 8.65. The minimum Gasteiger partial charge on any atom is -0.394 e. The van der Waals surface area contributed by atoms with Gasteiger partial charge in [-0.05, 0) is 18.2 Å². The van der Waals surface area contributed by atoms with Gasteiger partial charge in [0.2, 0.25) is 11.7 Å². The largest absolute Gasteiger partial charge is 0.416 e. The molecule has 13 heteroatoms. The summed E-state index contributed by atoms with van der Waals surface area (Å²) in [5, 5.41) is 12.7. The van der Waals surface area contributed by atoms with Gasteiger partial charge in [-0.15, -0.1) is 0 Å². The third-order valence-electron chi connectivity index (χ3n) is 3.70. The number of amides is 2. The van der Waals surface area contributed by atoms with E-state index in [1.165, 1.54) is 0 Å². The van der Waals surface area contributed by atoms with Crippen LogP contribution in [-0.2, 0) is 11.0 Å². The maximum Gasteiger partial charge on any atom is 0.416 e. The average Bonchev–Trinajstić information content (AvgIpc) is 2.68. The summed E-state index contributed by atoms with van der Waals surface area (Å²) in [4.78, 5) is 24.0. The molecule has 0 fully saturated rings. The van der Waals surface area contributed by atoms with Crippen LogP contribution in [0.5, 0.6) is 0 Å². The van der Waals surface area contributed by atoms with Gasteiger partial charge in [-0.3, -0.25) is 9.59 Å². The molecule has 30 heavy (non-hydrogen) atoms. The standard InChI is InChI=1S/C17H10F8N2O3/c18-10-9(11(19)13(21)14(22)12(10)20)16(30)27-8(5-28)15(29)26-7-3-1-2-6(4-7)17(23,24)25/h1-4,8,28H,5H2,(H,26,29)(H,27,30). The molecule has 1 unspecified atom stereocenters. The normalized spacial score (nSPS) is 12.4. The Labute approximate surface area is 162 Å². The van der Waals surface area contributed by atoms with Gasteiger partial charge in [0.25, 0.3) is 5.91 Å². The van der Waals surface area contributed by atoms with Crippen LogP contribution in [0.2, 0.25) is 0 Å². The van der Waals surface area contributed by atoms with Crippen LogP contribution in [0, 0.1) is 29.1 Å². The SMILES string of the molecule is O=C(NC(CO)C(=O)Nc1cccc(C(F)(F)F)c1)c1c(F)c(F)c(F)c(F)c1F. The summed E-state index contributed by atoms with van der Waals surface area (Å²) in [6.45, 7) is -1.22. The smallest absolute Gasteiger partial charge is 0.394 e. The first kappa shape index (κ1) is 23.1. The summed E-state index contributed by atoms with van der Waals surface area (Å²) in [7, 11) is 0. The first-order chi connectivity index (χ1) is 13.9. The number of hydrogen-bond donors (Lipinski definition) is 3. The van der Waals surface area contributed by atoms with Gasteiger partial charge in [-0.25, -0.2) is 22.0 Å². The predicted molar refractivity (Wildman–Crippen MR) is 84.6 cm³/mol. The van der Waals surface area contributed by atoms with Crippen molar-refractivity contribution >= 4 is 17.5 Å². The van der Waals surface area contributed by atoms with Crippen molar-refractivity contribution in [2.24, 2.45) is 0 Å². The molecule has 0 bridgehead atoms. The van der Waals surface area contributed by atoms with E-state index in [0.29, 0.717) is 12.1 Å². The summed E-state index contributed by atoms with van der Waals surface area (Å²) in [5.74, 6) is -15.5. The molecular weight excluding hydrogens is 432 g/mol. The highest BCUT2D eigenvalue weighted by molar-refractivity contribution is 6.01. The van der Waals surface area contributed by atoms with Crippen LogP contribution in [0.25, 0.3) is 0 Å². The van der Waals surface area contributed by atoms with E-state index < -0.39 is 76.5 Å². The number of anilines is 1. The van der Waals surface area contributed by atoms with Crippen molar-refractivity contribution in [1.82, 2.24) is 5.32 Å². The minimum atomic E-state index is -4.74. The molecule has 2 aromatic carbocycles. The number of aliphatic hydroxyl groups is 1. The fourth-order valence-electron chi connectivity index (χ4n) is 2.23. The fourth-order valence-corrected chi connectivity index (χ4v) is 2.23. The minimum absolute atomic E-state index is 0.404. The lowest BCUT2D eigenvalue weighted by atomic mass is 10.1. The molecule has 162 valence electrons. The zero-order valence-electron chi connectivity index (χ0n) is 14.4. The summed E-state index contributed by atoms with van der Waals surface area (Å²) < 4.78 is 105. The number of halogens is 8. The van der Waals surface area contributed by atoms with E-state index in [1.54, 1.807) is 5.32 Å². The lowest BCUT2D eigenvalue weighted by molar-refractivity contribution is -0.137. The first-order valence-corrected chi connectivity index (χ1v) is 7.79. The molecule has 0 saturated heterocycles. The molecule has 0 aliphatic heterocycles. The van der Waals surface area contributed by atoms with Gasteiger partial charge in [0.15, 0.2) is 23.3 Å². The van der Waals surface area contributed by atoms with Crippen molar-refractivity contribution < 1.29 is 49.8 Å². The number of hydrogen-bond acceptors (Lipinski definition) is 3. The molecule has 2 rings (SSSR count). The van der Waals surface area contributed by atoms with E-state index in [2.05, 4.69) is 0 Å². The zero-order valence-corrected chi connectivity index (χ0v) is 14.4. The van der Waals surface area contributed by atoms with Crippen LogP contribution in [0.15, 0.2) is 24.3 Å². The number of carbonyl (C=O) groups excluding carboxylic acids is 2. The molecule has 1 atom stereocenters. The maximum atomic E-state index is 13.7. The monoisotopic (exact) mass is 442 g/mol. The summed E-state index contributed by atoms with van der Waals surface area (Å²) in [6.07, 6.45) is -4.74. The topological polar surface area (TPSA) is 78.4 Å². The van der Waals surface area contributed by atoms with Gasteiger partial charge in [0, 0.05) is 5.69 Å². The van der Waals surface area contributed by atoms with Crippen LogP contribution in [0.1, 0.15) is 15.9 Å². The van der Waals surface area contributed by atoms with Crippen LogP contribution >= 0.6 is 0 Å². The lowest BCUT2D eigenvalue weighted by Gasteiger charge is -2.17. The number of alkyl halides is 3. The third-order valence-corrected chi connectivity index (χ3v) is 3.70. The summed E-state index contributed by atoms with van der Waals surface area (Å²) in [5.41, 5.74) is -3.44. The van der Waals surface area contributed by atoms with E-state index in [4.69, 9.17) is 0 Å². The Morgan fingerprint density at radius 2 is 1.47 bits per heavy atom. The van der Waals surface area contributed by atoms with Crippen LogP contribution in [-0.4, -0.2) is 29.6 Å². The molecule has 2 aromatic rings. The Bertz CT molecular complexity index is 965. The molecule has 0 aliphatic carbocycles. The number of rotatable bonds is 5. The molecule has 0 heterocycles. The van der Waals surface area contributed by atoms with E-state index in [-0.39, 0.29) is 0 Å². The highest BCUT2D eigenvalue weighted by atomic mass is 19.4. The number of carbonyl (C=O) groups is 2. The van der Waals surface area contributed by atoms with Crippen LogP contribution < -0.4 is 10.6 Å². The maximum absolute atomic E-state index is 13.7. The lowest BCUT2D eigenvalue weighted by Crippen LogP contribution is -2.46. The van der Waals surface area contributed by atoms with Crippen molar-refractivity contribution in [3.63, 3.8) is 0 Å². The molecule has 0 spiro atoms. The molecule has 0 radical (unpaired) electrons. The van der Waals surface area contributed by atoms with Crippen LogP contribution in [0.3, 0.4) is 0 Å². The van der Waals surface area contributed by atoms with E-state index in [0.717, 1.165) is 12.1 Å². The highest BCUT2D eigenvalue weighted by Gasteiger charge is 2.33. The Balaban J connectivity index is 2.24. The molecule has 0 aliphatic rings. The van der Waals surface area contributed by atoms with Crippen molar-refractivity contribution in [3.8, 4) is 0 Å². The Morgan fingerprint density at radius 3 is 1.97 bits per heavy atom. The highest BCUT2D eigenvalue weighted by Crippen LogP contribution is 2.30. The first-order valence-electron chi connectivity index (χ1n) is 7.79. The van der Waals surface area contributed by atoms with Gasteiger partial charge in [0.1, 0.15) is 11.6 Å². The zero-order chi connectivity index (χ0) is 22.8.